The fraction of sp³-hybridized carbons (Fsp3) is 0.333. The molecule has 2 heterocycles. The van der Waals surface area contributed by atoms with Crippen LogP contribution in [0.15, 0.2) is 66.9 Å². The van der Waals surface area contributed by atoms with Gasteiger partial charge in [-0.3, -0.25) is 9.59 Å². The number of hydrogen-bond acceptors (Lipinski definition) is 6. The zero-order valence-electron chi connectivity index (χ0n) is 16.7. The minimum atomic E-state index is -1.23. The smallest absolute Gasteiger partial charge is 0.323 e. The molecule has 3 aliphatic rings. The number of rotatable bonds is 4. The molecule has 2 aromatic rings. The molecule has 6 heteroatoms. The first-order valence-electron chi connectivity index (χ1n) is 9.88. The van der Waals surface area contributed by atoms with E-state index in [2.05, 4.69) is 12.1 Å². The molecule has 2 aliphatic heterocycles. The van der Waals surface area contributed by atoms with E-state index in [4.69, 9.17) is 18.9 Å². The first-order valence-corrected chi connectivity index (χ1v) is 9.88. The van der Waals surface area contributed by atoms with Gasteiger partial charge < -0.3 is 18.9 Å². The van der Waals surface area contributed by atoms with Crippen LogP contribution in [0.5, 0.6) is 0 Å². The lowest BCUT2D eigenvalue weighted by Crippen LogP contribution is -2.42. The highest BCUT2D eigenvalue weighted by molar-refractivity contribution is 5.96. The number of carbonyl (C=O) groups excluding carboxylic acids is 2. The van der Waals surface area contributed by atoms with Crippen LogP contribution in [-0.4, -0.2) is 38.4 Å². The summed E-state index contributed by atoms with van der Waals surface area (Å²) in [5.41, 5.74) is 1.80. The third-order valence-corrected chi connectivity index (χ3v) is 6.68. The summed E-state index contributed by atoms with van der Waals surface area (Å²) in [5.74, 6) is -2.59. The highest BCUT2D eigenvalue weighted by atomic mass is 16.6. The van der Waals surface area contributed by atoms with Crippen molar-refractivity contribution in [3.8, 4) is 0 Å². The predicted octanol–water partition coefficient (Wildman–Crippen LogP) is 3.04. The van der Waals surface area contributed by atoms with Crippen LogP contribution in [0, 0.1) is 5.92 Å². The van der Waals surface area contributed by atoms with E-state index in [1.165, 1.54) is 14.2 Å². The average Bonchev–Trinajstić information content (AvgIpc) is 3.44. The second-order valence-corrected chi connectivity index (χ2v) is 7.86. The van der Waals surface area contributed by atoms with Crippen molar-refractivity contribution in [2.45, 2.75) is 23.0 Å². The van der Waals surface area contributed by atoms with E-state index in [1.807, 2.05) is 48.5 Å². The van der Waals surface area contributed by atoms with Gasteiger partial charge in [-0.15, -0.1) is 0 Å². The van der Waals surface area contributed by atoms with E-state index >= 15 is 0 Å². The van der Waals surface area contributed by atoms with E-state index < -0.39 is 35.0 Å². The Morgan fingerprint density at radius 3 is 2.27 bits per heavy atom. The van der Waals surface area contributed by atoms with Crippen molar-refractivity contribution >= 4 is 11.9 Å². The van der Waals surface area contributed by atoms with Crippen LogP contribution in [0.1, 0.15) is 28.7 Å². The van der Waals surface area contributed by atoms with Gasteiger partial charge in [0, 0.05) is 5.92 Å². The van der Waals surface area contributed by atoms with Gasteiger partial charge >= 0.3 is 11.9 Å². The Balaban J connectivity index is 1.69. The first kappa shape index (κ1) is 18.9. The summed E-state index contributed by atoms with van der Waals surface area (Å²) in [6.07, 6.45) is 2.93. The van der Waals surface area contributed by atoms with Crippen molar-refractivity contribution in [2.24, 2.45) is 5.92 Å². The first-order chi connectivity index (χ1) is 14.6. The number of hydrogen-bond donors (Lipinski definition) is 0. The molecule has 1 saturated carbocycles. The number of benzene rings is 2. The van der Waals surface area contributed by atoms with Gasteiger partial charge in [0.15, 0.2) is 5.92 Å². The lowest BCUT2D eigenvalue weighted by atomic mass is 9.86. The summed E-state index contributed by atoms with van der Waals surface area (Å²) in [6, 6.07) is 17.9. The summed E-state index contributed by atoms with van der Waals surface area (Å²) in [6.45, 7) is 0.322. The van der Waals surface area contributed by atoms with Crippen LogP contribution >= 0.6 is 0 Å². The van der Waals surface area contributed by atoms with Crippen LogP contribution in [0.4, 0.5) is 0 Å². The lowest BCUT2D eigenvalue weighted by Gasteiger charge is -2.35. The Labute approximate surface area is 174 Å². The standard InChI is InChI=1S/C24H22O6/c1-27-21(25)18(22(26)28-2)19-16-10-6-7-11-17(16)20-23(15-8-4-3-5-9-15)12-13-29-14-24(20,23)30-19/h3-13,18-20H,14H2,1-2H3. The Bertz CT molecular complexity index is 1020. The third kappa shape index (κ3) is 2.28. The molecule has 0 aromatic heterocycles. The number of fused-ring (bicyclic) bond motifs is 3. The van der Waals surface area contributed by atoms with Crippen molar-refractivity contribution in [1.29, 1.82) is 0 Å². The van der Waals surface area contributed by atoms with Crippen LogP contribution in [0.2, 0.25) is 0 Å². The number of methoxy groups -OCH3 is 2. The maximum Gasteiger partial charge on any atom is 0.323 e. The molecule has 0 saturated heterocycles. The average molecular weight is 406 g/mol. The summed E-state index contributed by atoms with van der Waals surface area (Å²) in [7, 11) is 2.51. The van der Waals surface area contributed by atoms with E-state index in [0.29, 0.717) is 6.61 Å². The molecule has 0 bridgehead atoms. The van der Waals surface area contributed by atoms with Crippen LogP contribution < -0.4 is 0 Å². The van der Waals surface area contributed by atoms with Gasteiger partial charge in [0.25, 0.3) is 0 Å². The molecule has 4 unspecified atom stereocenters. The van der Waals surface area contributed by atoms with Gasteiger partial charge in [0.2, 0.25) is 0 Å². The molecular formula is C24H22O6. The van der Waals surface area contributed by atoms with Crippen molar-refractivity contribution in [3.05, 3.63) is 83.6 Å². The van der Waals surface area contributed by atoms with Crippen molar-refractivity contribution in [3.63, 3.8) is 0 Å². The summed E-state index contributed by atoms with van der Waals surface area (Å²) in [4.78, 5) is 25.2. The largest absolute Gasteiger partial charge is 0.498 e. The molecule has 5 rings (SSSR count). The van der Waals surface area contributed by atoms with Gasteiger partial charge in [0.05, 0.1) is 25.9 Å². The SMILES string of the molecule is COC(=O)C(C(=O)OC)C1OC23COC=CC2(c2ccccc2)C3c2ccccc21. The van der Waals surface area contributed by atoms with Crippen molar-refractivity contribution < 1.29 is 28.5 Å². The Morgan fingerprint density at radius 2 is 1.60 bits per heavy atom. The van der Waals surface area contributed by atoms with Crippen molar-refractivity contribution in [1.82, 2.24) is 0 Å². The van der Waals surface area contributed by atoms with E-state index in [0.717, 1.165) is 16.7 Å². The maximum absolute atomic E-state index is 12.6. The van der Waals surface area contributed by atoms with Crippen LogP contribution in [0.3, 0.4) is 0 Å². The maximum atomic E-state index is 12.6. The molecule has 1 aliphatic carbocycles. The zero-order chi connectivity index (χ0) is 20.9. The Hall–Kier alpha value is -3.12. The highest BCUT2D eigenvalue weighted by Crippen LogP contribution is 2.76. The fourth-order valence-electron chi connectivity index (χ4n) is 5.38. The summed E-state index contributed by atoms with van der Waals surface area (Å²) in [5, 5.41) is 0. The molecule has 0 amide bonds. The van der Waals surface area contributed by atoms with Gasteiger partial charge in [-0.2, -0.15) is 0 Å². The topological polar surface area (TPSA) is 71.1 Å². The predicted molar refractivity (Wildman–Crippen MR) is 106 cm³/mol. The van der Waals surface area contributed by atoms with Gasteiger partial charge in [-0.05, 0) is 22.8 Å². The van der Waals surface area contributed by atoms with Gasteiger partial charge in [-0.25, -0.2) is 0 Å². The molecule has 1 spiro atoms. The third-order valence-electron chi connectivity index (χ3n) is 6.68. The summed E-state index contributed by atoms with van der Waals surface area (Å²) >= 11 is 0. The Kier molecular flexibility index (Phi) is 4.22. The zero-order valence-corrected chi connectivity index (χ0v) is 16.7. The van der Waals surface area contributed by atoms with E-state index in [9.17, 15) is 9.59 Å². The van der Waals surface area contributed by atoms with Crippen LogP contribution in [-0.2, 0) is 34.0 Å². The fourth-order valence-corrected chi connectivity index (χ4v) is 5.38. The van der Waals surface area contributed by atoms with E-state index in [-0.39, 0.29) is 5.92 Å². The molecule has 4 atom stereocenters. The van der Waals surface area contributed by atoms with E-state index in [1.54, 1.807) is 6.26 Å². The molecule has 1 fully saturated rings. The number of esters is 2. The normalized spacial score (nSPS) is 30.4. The molecule has 30 heavy (non-hydrogen) atoms. The monoisotopic (exact) mass is 406 g/mol. The highest BCUT2D eigenvalue weighted by Gasteiger charge is 2.82. The van der Waals surface area contributed by atoms with Crippen LogP contribution in [0.25, 0.3) is 0 Å². The van der Waals surface area contributed by atoms with Gasteiger partial charge in [-0.1, -0.05) is 54.6 Å². The molecule has 154 valence electrons. The molecule has 2 aromatic carbocycles. The molecule has 6 nitrogen and oxygen atoms in total. The molecule has 0 radical (unpaired) electrons. The second-order valence-electron chi connectivity index (χ2n) is 7.86. The molecule has 0 N–H and O–H groups in total. The second kappa shape index (κ2) is 6.71. The minimum Gasteiger partial charge on any atom is -0.498 e. The quantitative estimate of drug-likeness (QED) is 0.574. The Morgan fingerprint density at radius 1 is 0.967 bits per heavy atom. The van der Waals surface area contributed by atoms with Crippen molar-refractivity contribution in [2.75, 3.05) is 20.8 Å². The molecular weight excluding hydrogens is 384 g/mol. The number of ether oxygens (including phenoxy) is 4. The van der Waals surface area contributed by atoms with Gasteiger partial charge in [0.1, 0.15) is 18.3 Å². The summed E-state index contributed by atoms with van der Waals surface area (Å²) < 4.78 is 22.2. The minimum absolute atomic E-state index is 0.00884. The number of carbonyl (C=O) groups is 2. The lowest BCUT2D eigenvalue weighted by molar-refractivity contribution is -0.175.